The molecule has 0 unspecified atom stereocenters. The van der Waals surface area contributed by atoms with E-state index in [1.165, 1.54) is 18.3 Å². The predicted molar refractivity (Wildman–Crippen MR) is 93.5 cm³/mol. The summed E-state index contributed by atoms with van der Waals surface area (Å²) in [6.45, 7) is 3.43. The van der Waals surface area contributed by atoms with E-state index < -0.39 is 0 Å². The minimum atomic E-state index is -0.209. The zero-order valence-electron chi connectivity index (χ0n) is 12.5. The van der Waals surface area contributed by atoms with Crippen molar-refractivity contribution >= 4 is 45.2 Å². The van der Waals surface area contributed by atoms with Crippen molar-refractivity contribution < 1.29 is 4.79 Å². The Kier molecular flexibility index (Phi) is 4.30. The summed E-state index contributed by atoms with van der Waals surface area (Å²) >= 11 is 6.54. The molecule has 2 heterocycles. The molecule has 23 heavy (non-hydrogen) atoms. The number of amides is 1. The van der Waals surface area contributed by atoms with Gasteiger partial charge in [0.1, 0.15) is 5.01 Å². The summed E-state index contributed by atoms with van der Waals surface area (Å²) < 4.78 is 1.77. The lowest BCUT2D eigenvalue weighted by molar-refractivity contribution is -0.117. The fraction of sp³-hybridized carbons (Fsp3) is 0.214. The quantitative estimate of drug-likeness (QED) is 0.708. The standard InChI is InChI=1S/C14H14N6OS2/c1-3-11-17-18-14-20(11)19-12(23-14)9-5-4-6-10(7-9)16-13(22)15-8(2)21/h4-7H,3H2,1-2H3,(H2,15,16,21,22). The van der Waals surface area contributed by atoms with Crippen LogP contribution in [0.5, 0.6) is 0 Å². The number of aromatic nitrogens is 4. The number of carbonyl (C=O) groups is 1. The molecule has 1 aromatic carbocycles. The topological polar surface area (TPSA) is 84.2 Å². The van der Waals surface area contributed by atoms with E-state index >= 15 is 0 Å². The average Bonchev–Trinajstić information content (AvgIpc) is 3.06. The summed E-state index contributed by atoms with van der Waals surface area (Å²) in [7, 11) is 0. The maximum Gasteiger partial charge on any atom is 0.234 e. The second-order valence-electron chi connectivity index (χ2n) is 4.79. The highest BCUT2D eigenvalue weighted by molar-refractivity contribution is 7.80. The molecule has 0 atom stereocenters. The van der Waals surface area contributed by atoms with Crippen LogP contribution in [0.1, 0.15) is 19.7 Å². The van der Waals surface area contributed by atoms with Crippen LogP contribution in [0.2, 0.25) is 0 Å². The molecule has 0 fully saturated rings. The zero-order valence-corrected chi connectivity index (χ0v) is 14.2. The number of thiocarbonyl (C=S) groups is 1. The molecule has 2 N–H and O–H groups in total. The van der Waals surface area contributed by atoms with Crippen LogP contribution >= 0.6 is 23.6 Å². The van der Waals surface area contributed by atoms with E-state index in [-0.39, 0.29) is 11.0 Å². The van der Waals surface area contributed by atoms with E-state index in [1.54, 1.807) is 4.52 Å². The molecule has 3 aromatic rings. The van der Waals surface area contributed by atoms with E-state index in [9.17, 15) is 4.79 Å². The summed E-state index contributed by atoms with van der Waals surface area (Å²) in [5.74, 6) is 0.628. The van der Waals surface area contributed by atoms with Crippen LogP contribution in [0.3, 0.4) is 0 Å². The lowest BCUT2D eigenvalue weighted by Gasteiger charge is -2.08. The SMILES string of the molecule is CCc1nnc2sc(-c3cccc(NC(=S)NC(C)=O)c3)nn12. The van der Waals surface area contributed by atoms with Crippen molar-refractivity contribution in [2.75, 3.05) is 5.32 Å². The lowest BCUT2D eigenvalue weighted by Crippen LogP contribution is -2.32. The Labute approximate surface area is 141 Å². The Morgan fingerprint density at radius 1 is 1.39 bits per heavy atom. The molecule has 0 radical (unpaired) electrons. The Morgan fingerprint density at radius 3 is 2.96 bits per heavy atom. The first-order valence-corrected chi connectivity index (χ1v) is 8.19. The Morgan fingerprint density at radius 2 is 2.22 bits per heavy atom. The summed E-state index contributed by atoms with van der Waals surface area (Å²) in [4.78, 5) is 11.8. The first-order chi connectivity index (χ1) is 11.1. The summed E-state index contributed by atoms with van der Waals surface area (Å²) in [6, 6.07) is 7.65. The Bertz CT molecular complexity index is 884. The van der Waals surface area contributed by atoms with Crippen LogP contribution in [-0.4, -0.2) is 30.8 Å². The molecule has 7 nitrogen and oxygen atoms in total. The number of aryl methyl sites for hydroxylation is 1. The number of carbonyl (C=O) groups excluding carboxylic acids is 1. The Hall–Kier alpha value is -2.39. The third kappa shape index (κ3) is 3.35. The van der Waals surface area contributed by atoms with Crippen LogP contribution in [0.25, 0.3) is 15.5 Å². The molecule has 0 saturated carbocycles. The van der Waals surface area contributed by atoms with Gasteiger partial charge in [-0.3, -0.25) is 4.79 Å². The van der Waals surface area contributed by atoms with Crippen molar-refractivity contribution in [1.82, 2.24) is 25.1 Å². The monoisotopic (exact) mass is 346 g/mol. The second kappa shape index (κ2) is 6.39. The smallest absolute Gasteiger partial charge is 0.234 e. The van der Waals surface area contributed by atoms with Crippen molar-refractivity contribution in [3.05, 3.63) is 30.1 Å². The number of nitrogens with one attached hydrogen (secondary N) is 2. The fourth-order valence-corrected chi connectivity index (χ4v) is 3.16. The number of fused-ring (bicyclic) bond motifs is 1. The molecule has 3 rings (SSSR count). The predicted octanol–water partition coefficient (Wildman–Crippen LogP) is 2.25. The molecule has 0 aliphatic rings. The highest BCUT2D eigenvalue weighted by Gasteiger charge is 2.12. The Balaban J connectivity index is 1.87. The highest BCUT2D eigenvalue weighted by Crippen LogP contribution is 2.27. The third-order valence-corrected chi connectivity index (χ3v) is 4.18. The normalized spacial score (nSPS) is 10.7. The molecule has 0 spiro atoms. The maximum absolute atomic E-state index is 11.0. The van der Waals surface area contributed by atoms with Gasteiger partial charge in [-0.1, -0.05) is 30.4 Å². The summed E-state index contributed by atoms with van der Waals surface area (Å²) in [5, 5.41) is 19.4. The second-order valence-corrected chi connectivity index (χ2v) is 6.15. The van der Waals surface area contributed by atoms with Gasteiger partial charge in [0.2, 0.25) is 10.9 Å². The lowest BCUT2D eigenvalue weighted by atomic mass is 10.2. The van der Waals surface area contributed by atoms with Crippen molar-refractivity contribution in [1.29, 1.82) is 0 Å². The number of nitrogens with zero attached hydrogens (tertiary/aromatic N) is 4. The molecule has 118 valence electrons. The van der Waals surface area contributed by atoms with Gasteiger partial charge in [-0.25, -0.2) is 0 Å². The van der Waals surface area contributed by atoms with E-state index in [2.05, 4.69) is 25.9 Å². The number of rotatable bonds is 3. The molecular formula is C14H14N6OS2. The number of benzene rings is 1. The van der Waals surface area contributed by atoms with Crippen molar-refractivity contribution in [3.63, 3.8) is 0 Å². The van der Waals surface area contributed by atoms with E-state index in [4.69, 9.17) is 12.2 Å². The summed E-state index contributed by atoms with van der Waals surface area (Å²) in [6.07, 6.45) is 0.775. The van der Waals surface area contributed by atoms with Gasteiger partial charge in [-0.05, 0) is 24.4 Å². The first-order valence-electron chi connectivity index (χ1n) is 6.97. The number of anilines is 1. The minimum Gasteiger partial charge on any atom is -0.332 e. The largest absolute Gasteiger partial charge is 0.332 e. The first kappa shape index (κ1) is 15.5. The average molecular weight is 346 g/mol. The van der Waals surface area contributed by atoms with Crippen LogP contribution in [0, 0.1) is 0 Å². The van der Waals surface area contributed by atoms with Gasteiger partial charge in [0.25, 0.3) is 0 Å². The molecule has 9 heteroatoms. The molecular weight excluding hydrogens is 332 g/mol. The van der Waals surface area contributed by atoms with Crippen molar-refractivity contribution in [3.8, 4) is 10.6 Å². The van der Waals surface area contributed by atoms with E-state index in [0.29, 0.717) is 0 Å². The van der Waals surface area contributed by atoms with Crippen LogP contribution < -0.4 is 10.6 Å². The minimum absolute atomic E-state index is 0.209. The highest BCUT2D eigenvalue weighted by atomic mass is 32.1. The third-order valence-electron chi connectivity index (χ3n) is 3.03. The maximum atomic E-state index is 11.0. The van der Waals surface area contributed by atoms with Gasteiger partial charge in [-0.2, -0.15) is 9.61 Å². The van der Waals surface area contributed by atoms with Gasteiger partial charge in [0.15, 0.2) is 10.9 Å². The van der Waals surface area contributed by atoms with Gasteiger partial charge < -0.3 is 10.6 Å². The van der Waals surface area contributed by atoms with Gasteiger partial charge in [0, 0.05) is 24.6 Å². The van der Waals surface area contributed by atoms with Crippen molar-refractivity contribution in [2.24, 2.45) is 0 Å². The molecule has 1 amide bonds. The van der Waals surface area contributed by atoms with E-state index in [1.807, 2.05) is 31.2 Å². The zero-order chi connectivity index (χ0) is 16.4. The molecule has 0 aliphatic heterocycles. The number of hydrogen-bond donors (Lipinski definition) is 2. The fourth-order valence-electron chi connectivity index (χ4n) is 2.05. The molecule has 2 aromatic heterocycles. The van der Waals surface area contributed by atoms with Crippen LogP contribution in [0.4, 0.5) is 5.69 Å². The summed E-state index contributed by atoms with van der Waals surface area (Å²) in [5.41, 5.74) is 1.72. The van der Waals surface area contributed by atoms with E-state index in [0.717, 1.165) is 33.5 Å². The van der Waals surface area contributed by atoms with Gasteiger partial charge in [-0.15, -0.1) is 10.2 Å². The van der Waals surface area contributed by atoms with Crippen LogP contribution in [-0.2, 0) is 11.2 Å². The number of hydrogen-bond acceptors (Lipinski definition) is 6. The van der Waals surface area contributed by atoms with Gasteiger partial charge >= 0.3 is 0 Å². The van der Waals surface area contributed by atoms with Crippen LogP contribution in [0.15, 0.2) is 24.3 Å². The molecule has 0 aliphatic carbocycles. The molecule has 0 bridgehead atoms. The molecule has 0 saturated heterocycles. The van der Waals surface area contributed by atoms with Crippen molar-refractivity contribution in [2.45, 2.75) is 20.3 Å². The van der Waals surface area contributed by atoms with Gasteiger partial charge in [0.05, 0.1) is 0 Å².